The zero-order valence-corrected chi connectivity index (χ0v) is 7.08. The molecule has 2 rings (SSSR count). The summed E-state index contributed by atoms with van der Waals surface area (Å²) in [6.45, 7) is 2.46. The van der Waals surface area contributed by atoms with E-state index in [1.807, 2.05) is 25.1 Å². The summed E-state index contributed by atoms with van der Waals surface area (Å²) in [7, 11) is 0. The van der Waals surface area contributed by atoms with E-state index in [0.717, 1.165) is 17.7 Å². The summed E-state index contributed by atoms with van der Waals surface area (Å²) in [4.78, 5) is 0. The third-order valence-corrected chi connectivity index (χ3v) is 2.11. The van der Waals surface area contributed by atoms with Crippen LogP contribution in [-0.2, 0) is 6.42 Å². The minimum atomic E-state index is -0.333. The van der Waals surface area contributed by atoms with Crippen LogP contribution in [0, 0.1) is 6.92 Å². The van der Waals surface area contributed by atoms with Gasteiger partial charge in [-0.2, -0.15) is 0 Å². The molecule has 0 saturated heterocycles. The van der Waals surface area contributed by atoms with Gasteiger partial charge >= 0.3 is 0 Å². The number of aryl methyl sites for hydroxylation is 1. The number of aliphatic hydroxyl groups excluding tert-OH is 1. The summed E-state index contributed by atoms with van der Waals surface area (Å²) >= 11 is 0. The summed E-state index contributed by atoms with van der Waals surface area (Å²) in [6, 6.07) is 6.08. The maximum Gasteiger partial charge on any atom is 0.122 e. The molecule has 0 radical (unpaired) electrons. The Balaban J connectivity index is 2.37. The average Bonchev–Trinajstić information content (AvgIpc) is 2.05. The number of benzene rings is 1. The van der Waals surface area contributed by atoms with Crippen LogP contribution >= 0.6 is 0 Å². The fourth-order valence-corrected chi connectivity index (χ4v) is 1.46. The Bertz CT molecular complexity index is 294. The number of rotatable bonds is 0. The molecule has 0 aliphatic carbocycles. The van der Waals surface area contributed by atoms with Crippen molar-refractivity contribution in [3.63, 3.8) is 0 Å². The van der Waals surface area contributed by atoms with Crippen LogP contribution in [0.3, 0.4) is 0 Å². The highest BCUT2D eigenvalue weighted by Gasteiger charge is 2.16. The Labute approximate surface area is 71.8 Å². The van der Waals surface area contributed by atoms with Gasteiger partial charge in [-0.25, -0.2) is 0 Å². The predicted octanol–water partition coefficient (Wildman–Crippen LogP) is 1.29. The summed E-state index contributed by atoms with van der Waals surface area (Å²) in [6.07, 6.45) is 0.385. The molecule has 12 heavy (non-hydrogen) atoms. The van der Waals surface area contributed by atoms with Crippen LogP contribution in [0.15, 0.2) is 18.2 Å². The van der Waals surface area contributed by atoms with Gasteiger partial charge in [0.2, 0.25) is 0 Å². The molecular formula is C10H12O2. The molecule has 0 spiro atoms. The molecule has 2 heteroatoms. The Morgan fingerprint density at radius 3 is 3.17 bits per heavy atom. The van der Waals surface area contributed by atoms with Crippen molar-refractivity contribution in [2.24, 2.45) is 0 Å². The third-order valence-electron chi connectivity index (χ3n) is 2.11. The first-order chi connectivity index (χ1) is 5.75. The lowest BCUT2D eigenvalue weighted by Crippen LogP contribution is -2.25. The van der Waals surface area contributed by atoms with Crippen molar-refractivity contribution in [1.29, 1.82) is 0 Å². The maximum atomic E-state index is 9.30. The van der Waals surface area contributed by atoms with E-state index in [4.69, 9.17) is 4.74 Å². The smallest absolute Gasteiger partial charge is 0.122 e. The molecule has 0 aromatic heterocycles. The summed E-state index contributed by atoms with van der Waals surface area (Å²) in [5.74, 6) is 0.931. The van der Waals surface area contributed by atoms with Crippen molar-refractivity contribution in [2.75, 3.05) is 6.61 Å². The van der Waals surface area contributed by atoms with Crippen molar-refractivity contribution in [1.82, 2.24) is 0 Å². The Kier molecular flexibility index (Phi) is 1.77. The van der Waals surface area contributed by atoms with E-state index in [1.54, 1.807) is 0 Å². The van der Waals surface area contributed by atoms with E-state index in [1.165, 1.54) is 5.56 Å². The maximum absolute atomic E-state index is 9.30. The number of ether oxygens (including phenoxy) is 1. The Hall–Kier alpha value is -1.02. The van der Waals surface area contributed by atoms with Crippen LogP contribution in [0.25, 0.3) is 0 Å². The fourth-order valence-electron chi connectivity index (χ4n) is 1.46. The van der Waals surface area contributed by atoms with E-state index in [0.29, 0.717) is 6.61 Å². The van der Waals surface area contributed by atoms with Gasteiger partial charge < -0.3 is 9.84 Å². The lowest BCUT2D eigenvalue weighted by molar-refractivity contribution is 0.0921. The first-order valence-electron chi connectivity index (χ1n) is 4.16. The molecule has 0 saturated carbocycles. The SMILES string of the molecule is Cc1ccc2c(c1)OCC(O)C2. The topological polar surface area (TPSA) is 29.5 Å². The highest BCUT2D eigenvalue weighted by atomic mass is 16.5. The number of hydrogen-bond donors (Lipinski definition) is 1. The van der Waals surface area contributed by atoms with Crippen LogP contribution < -0.4 is 4.74 Å². The lowest BCUT2D eigenvalue weighted by atomic mass is 10.0. The minimum absolute atomic E-state index is 0.333. The van der Waals surface area contributed by atoms with E-state index < -0.39 is 0 Å². The third kappa shape index (κ3) is 1.30. The quantitative estimate of drug-likeness (QED) is 0.626. The normalized spacial score (nSPS) is 21.3. The molecule has 1 unspecified atom stereocenters. The van der Waals surface area contributed by atoms with Gasteiger partial charge in [0.1, 0.15) is 12.4 Å². The van der Waals surface area contributed by atoms with Gasteiger partial charge in [-0.05, 0) is 24.1 Å². The van der Waals surface area contributed by atoms with Crippen molar-refractivity contribution in [2.45, 2.75) is 19.4 Å². The summed E-state index contributed by atoms with van der Waals surface area (Å²) < 4.78 is 5.37. The van der Waals surface area contributed by atoms with Gasteiger partial charge in [0.05, 0.1) is 6.10 Å². The molecule has 1 aromatic carbocycles. The summed E-state index contributed by atoms with van der Waals surface area (Å²) in [5, 5.41) is 9.30. The second-order valence-electron chi connectivity index (χ2n) is 3.28. The second kappa shape index (κ2) is 2.79. The predicted molar refractivity (Wildman–Crippen MR) is 46.4 cm³/mol. The van der Waals surface area contributed by atoms with Gasteiger partial charge in [-0.15, -0.1) is 0 Å². The van der Waals surface area contributed by atoms with E-state index >= 15 is 0 Å². The molecule has 64 valence electrons. The molecule has 0 bridgehead atoms. The monoisotopic (exact) mass is 164 g/mol. The van der Waals surface area contributed by atoms with Crippen molar-refractivity contribution in [3.05, 3.63) is 29.3 Å². The first-order valence-corrected chi connectivity index (χ1v) is 4.16. The summed E-state index contributed by atoms with van der Waals surface area (Å²) in [5.41, 5.74) is 2.31. The largest absolute Gasteiger partial charge is 0.491 e. The van der Waals surface area contributed by atoms with Crippen LogP contribution in [0.1, 0.15) is 11.1 Å². The zero-order valence-electron chi connectivity index (χ0n) is 7.08. The average molecular weight is 164 g/mol. The number of fused-ring (bicyclic) bond motifs is 1. The van der Waals surface area contributed by atoms with Crippen molar-refractivity contribution in [3.8, 4) is 5.75 Å². The standard InChI is InChI=1S/C10H12O2/c1-7-2-3-8-5-9(11)6-12-10(8)4-7/h2-4,9,11H,5-6H2,1H3. The molecule has 1 aliphatic rings. The molecule has 1 N–H and O–H groups in total. The van der Waals surface area contributed by atoms with Crippen molar-refractivity contribution < 1.29 is 9.84 Å². The van der Waals surface area contributed by atoms with Gasteiger partial charge in [0.15, 0.2) is 0 Å². The van der Waals surface area contributed by atoms with Crippen LogP contribution in [0.2, 0.25) is 0 Å². The van der Waals surface area contributed by atoms with Crippen LogP contribution in [-0.4, -0.2) is 17.8 Å². The molecular weight excluding hydrogens is 152 g/mol. The number of hydrogen-bond acceptors (Lipinski definition) is 2. The first kappa shape index (κ1) is 7.62. The molecule has 0 amide bonds. The molecule has 2 nitrogen and oxygen atoms in total. The van der Waals surface area contributed by atoms with Crippen LogP contribution in [0.5, 0.6) is 5.75 Å². The molecule has 1 atom stereocenters. The second-order valence-corrected chi connectivity index (χ2v) is 3.28. The Morgan fingerprint density at radius 1 is 1.50 bits per heavy atom. The minimum Gasteiger partial charge on any atom is -0.491 e. The highest BCUT2D eigenvalue weighted by molar-refractivity contribution is 5.38. The molecule has 1 aromatic rings. The van der Waals surface area contributed by atoms with Crippen LogP contribution in [0.4, 0.5) is 0 Å². The van der Waals surface area contributed by atoms with E-state index in [9.17, 15) is 5.11 Å². The van der Waals surface area contributed by atoms with Gasteiger partial charge in [0, 0.05) is 6.42 Å². The lowest BCUT2D eigenvalue weighted by Gasteiger charge is -2.21. The number of aliphatic hydroxyl groups is 1. The van der Waals surface area contributed by atoms with Gasteiger partial charge in [-0.3, -0.25) is 0 Å². The highest BCUT2D eigenvalue weighted by Crippen LogP contribution is 2.25. The Morgan fingerprint density at radius 2 is 2.33 bits per heavy atom. The fraction of sp³-hybridized carbons (Fsp3) is 0.400. The van der Waals surface area contributed by atoms with Gasteiger partial charge in [-0.1, -0.05) is 12.1 Å². The van der Waals surface area contributed by atoms with Crippen molar-refractivity contribution >= 4 is 0 Å². The molecule has 1 aliphatic heterocycles. The molecule has 0 fully saturated rings. The van der Waals surface area contributed by atoms with E-state index in [2.05, 4.69) is 0 Å². The van der Waals surface area contributed by atoms with E-state index in [-0.39, 0.29) is 6.10 Å². The zero-order chi connectivity index (χ0) is 8.55. The molecule has 1 heterocycles. The van der Waals surface area contributed by atoms with Gasteiger partial charge in [0.25, 0.3) is 0 Å².